The number of benzene rings is 1. The number of hydrogen-bond acceptors (Lipinski definition) is 4. The normalized spacial score (nSPS) is 25.3. The number of thioether (sulfide) groups is 1. The maximum atomic E-state index is 6.31. The molecule has 1 aliphatic heterocycles. The van der Waals surface area contributed by atoms with Crippen molar-refractivity contribution in [2.45, 2.75) is 31.7 Å². The third kappa shape index (κ3) is 2.77. The van der Waals surface area contributed by atoms with Crippen molar-refractivity contribution in [1.29, 1.82) is 0 Å². The largest absolute Gasteiger partial charge is 0.353 e. The Bertz CT molecular complexity index is 823. The van der Waals surface area contributed by atoms with Crippen molar-refractivity contribution in [3.8, 4) is 0 Å². The summed E-state index contributed by atoms with van der Waals surface area (Å²) in [4.78, 5) is 3.43. The van der Waals surface area contributed by atoms with E-state index >= 15 is 0 Å². The van der Waals surface area contributed by atoms with Crippen molar-refractivity contribution >= 4 is 39.3 Å². The summed E-state index contributed by atoms with van der Waals surface area (Å²) in [6.45, 7) is 0. The van der Waals surface area contributed by atoms with Crippen LogP contribution in [0.4, 0.5) is 0 Å². The highest BCUT2D eigenvalue weighted by molar-refractivity contribution is 8.17. The van der Waals surface area contributed by atoms with Crippen LogP contribution in [0.1, 0.15) is 31.4 Å². The molecule has 2 heterocycles. The van der Waals surface area contributed by atoms with Crippen molar-refractivity contribution in [3.63, 3.8) is 0 Å². The second-order valence-electron chi connectivity index (χ2n) is 6.13. The first-order chi connectivity index (χ1) is 11.1. The van der Waals surface area contributed by atoms with Crippen molar-refractivity contribution in [3.05, 3.63) is 45.6 Å². The SMILES string of the molecule is CN1N=C(c2cc3cc(Cl)ccc3[nH]2)SC1=C1CCCCC1N. The number of H-pyrrole nitrogens is 1. The zero-order chi connectivity index (χ0) is 16.0. The van der Waals surface area contributed by atoms with Gasteiger partial charge >= 0.3 is 0 Å². The number of rotatable bonds is 1. The van der Waals surface area contributed by atoms with Gasteiger partial charge in [-0.25, -0.2) is 0 Å². The maximum absolute atomic E-state index is 6.31. The molecule has 4 rings (SSSR count). The standard InChI is InChI=1S/C17H19ClN4S/c1-22-17(12-4-2-3-5-13(12)19)23-16(21-22)15-9-10-8-11(18)6-7-14(10)20-15/h6-9,13,20H,2-5,19H2,1H3. The molecule has 1 aliphatic carbocycles. The Balaban J connectivity index is 1.67. The molecule has 3 N–H and O–H groups in total. The van der Waals surface area contributed by atoms with Crippen LogP contribution in [0, 0.1) is 0 Å². The highest BCUT2D eigenvalue weighted by Gasteiger charge is 2.28. The average Bonchev–Trinajstić information content (AvgIpc) is 3.11. The summed E-state index contributed by atoms with van der Waals surface area (Å²) >= 11 is 7.79. The van der Waals surface area contributed by atoms with E-state index in [4.69, 9.17) is 22.4 Å². The number of fused-ring (bicyclic) bond motifs is 1. The van der Waals surface area contributed by atoms with Gasteiger partial charge in [-0.1, -0.05) is 18.0 Å². The van der Waals surface area contributed by atoms with Gasteiger partial charge in [-0.15, -0.1) is 0 Å². The molecule has 1 fully saturated rings. The Kier molecular flexibility index (Phi) is 3.87. The predicted molar refractivity (Wildman–Crippen MR) is 98.7 cm³/mol. The van der Waals surface area contributed by atoms with Gasteiger partial charge in [0.2, 0.25) is 0 Å². The molecule has 1 aromatic heterocycles. The van der Waals surface area contributed by atoms with Crippen LogP contribution in [0.25, 0.3) is 10.9 Å². The summed E-state index contributed by atoms with van der Waals surface area (Å²) in [7, 11) is 2.00. The lowest BCUT2D eigenvalue weighted by Crippen LogP contribution is -2.28. The van der Waals surface area contributed by atoms with E-state index in [2.05, 4.69) is 11.1 Å². The molecule has 2 aliphatic rings. The predicted octanol–water partition coefficient (Wildman–Crippen LogP) is 4.27. The van der Waals surface area contributed by atoms with Crippen LogP contribution in [-0.4, -0.2) is 28.1 Å². The van der Waals surface area contributed by atoms with Gasteiger partial charge < -0.3 is 10.7 Å². The van der Waals surface area contributed by atoms with E-state index in [0.29, 0.717) is 0 Å². The first-order valence-electron chi connectivity index (χ1n) is 7.89. The molecule has 2 aromatic rings. The third-order valence-corrected chi connectivity index (χ3v) is 5.92. The van der Waals surface area contributed by atoms with Crippen LogP contribution in [0.3, 0.4) is 0 Å². The number of nitrogens with two attached hydrogens (primary N) is 1. The minimum absolute atomic E-state index is 0.171. The highest BCUT2D eigenvalue weighted by Crippen LogP contribution is 2.38. The number of hydrogen-bond donors (Lipinski definition) is 2. The molecule has 120 valence electrons. The number of halogens is 1. The number of hydrazone groups is 1. The second-order valence-corrected chi connectivity index (χ2v) is 7.54. The minimum atomic E-state index is 0.171. The molecule has 0 spiro atoms. The Morgan fingerprint density at radius 1 is 1.35 bits per heavy atom. The zero-order valence-corrected chi connectivity index (χ0v) is 14.5. The van der Waals surface area contributed by atoms with Crippen molar-refractivity contribution < 1.29 is 0 Å². The third-order valence-electron chi connectivity index (χ3n) is 4.47. The van der Waals surface area contributed by atoms with E-state index in [0.717, 1.165) is 39.5 Å². The first-order valence-corrected chi connectivity index (χ1v) is 9.09. The molecule has 0 radical (unpaired) electrons. The summed E-state index contributed by atoms with van der Waals surface area (Å²) < 4.78 is 0. The van der Waals surface area contributed by atoms with Crippen molar-refractivity contribution in [1.82, 2.24) is 9.99 Å². The van der Waals surface area contributed by atoms with E-state index in [-0.39, 0.29) is 6.04 Å². The van der Waals surface area contributed by atoms with Gasteiger partial charge in [-0.3, -0.25) is 5.01 Å². The van der Waals surface area contributed by atoms with E-state index in [1.54, 1.807) is 11.8 Å². The van der Waals surface area contributed by atoms with Gasteiger partial charge in [0.25, 0.3) is 0 Å². The molecular weight excluding hydrogens is 328 g/mol. The summed E-state index contributed by atoms with van der Waals surface area (Å²) in [5.41, 5.74) is 9.76. The highest BCUT2D eigenvalue weighted by atomic mass is 35.5. The van der Waals surface area contributed by atoms with Crippen LogP contribution in [0.2, 0.25) is 5.02 Å². The quantitative estimate of drug-likeness (QED) is 0.810. The van der Waals surface area contributed by atoms with Crippen molar-refractivity contribution in [2.75, 3.05) is 7.05 Å². The Morgan fingerprint density at radius 3 is 3.04 bits per heavy atom. The lowest BCUT2D eigenvalue weighted by Gasteiger charge is -2.25. The summed E-state index contributed by atoms with van der Waals surface area (Å²) in [5.74, 6) is 0. The van der Waals surface area contributed by atoms with Gasteiger partial charge in [0.05, 0.1) is 10.7 Å². The van der Waals surface area contributed by atoms with Gasteiger partial charge in [0, 0.05) is 29.0 Å². The summed E-state index contributed by atoms with van der Waals surface area (Å²) in [6, 6.07) is 8.15. The Labute approximate surface area is 144 Å². The number of aromatic amines is 1. The maximum Gasteiger partial charge on any atom is 0.146 e. The fourth-order valence-electron chi connectivity index (χ4n) is 3.27. The Morgan fingerprint density at radius 2 is 2.22 bits per heavy atom. The van der Waals surface area contributed by atoms with Crippen molar-refractivity contribution in [2.24, 2.45) is 10.8 Å². The van der Waals surface area contributed by atoms with Crippen LogP contribution in [0.15, 0.2) is 40.0 Å². The lowest BCUT2D eigenvalue weighted by molar-refractivity contribution is 0.454. The van der Waals surface area contributed by atoms with Gasteiger partial charge in [-0.2, -0.15) is 5.10 Å². The summed E-state index contributed by atoms with van der Waals surface area (Å²) in [5, 5.41) is 10.7. The molecule has 1 saturated carbocycles. The molecule has 23 heavy (non-hydrogen) atoms. The van der Waals surface area contributed by atoms with E-state index < -0.39 is 0 Å². The fraction of sp³-hybridized carbons (Fsp3) is 0.353. The molecule has 0 saturated heterocycles. The van der Waals surface area contributed by atoms with E-state index in [1.165, 1.54) is 23.4 Å². The number of aromatic nitrogens is 1. The first kappa shape index (κ1) is 15.1. The van der Waals surface area contributed by atoms with Crippen LogP contribution < -0.4 is 5.73 Å². The number of nitrogens with zero attached hydrogens (tertiary/aromatic N) is 2. The molecule has 0 bridgehead atoms. The fourth-order valence-corrected chi connectivity index (χ4v) is 4.57. The average molecular weight is 347 g/mol. The van der Waals surface area contributed by atoms with E-state index in [9.17, 15) is 0 Å². The molecule has 0 amide bonds. The topological polar surface area (TPSA) is 57.4 Å². The van der Waals surface area contributed by atoms with Crippen LogP contribution >= 0.6 is 23.4 Å². The van der Waals surface area contributed by atoms with E-state index in [1.807, 2.05) is 30.3 Å². The van der Waals surface area contributed by atoms with Crippen LogP contribution in [0.5, 0.6) is 0 Å². The lowest BCUT2D eigenvalue weighted by atomic mass is 9.91. The van der Waals surface area contributed by atoms with Gasteiger partial charge in [0.15, 0.2) is 0 Å². The molecular formula is C17H19ClN4S. The van der Waals surface area contributed by atoms with Crippen LogP contribution in [-0.2, 0) is 0 Å². The molecule has 1 unspecified atom stereocenters. The van der Waals surface area contributed by atoms with Gasteiger partial charge in [-0.05, 0) is 60.9 Å². The van der Waals surface area contributed by atoms with Gasteiger partial charge in [0.1, 0.15) is 5.04 Å². The second kappa shape index (κ2) is 5.89. The molecule has 4 nitrogen and oxygen atoms in total. The monoisotopic (exact) mass is 346 g/mol. The summed E-state index contributed by atoms with van der Waals surface area (Å²) in [6.07, 6.45) is 4.61. The Hall–Kier alpha value is -1.43. The number of nitrogens with one attached hydrogen (secondary N) is 1. The zero-order valence-electron chi connectivity index (χ0n) is 13.0. The minimum Gasteiger partial charge on any atom is -0.353 e. The molecule has 1 atom stereocenters. The smallest absolute Gasteiger partial charge is 0.146 e. The molecule has 1 aromatic carbocycles. The molecule has 6 heteroatoms.